The molecule has 1 aromatic carbocycles. The van der Waals surface area contributed by atoms with Crippen LogP contribution in [0.5, 0.6) is 0 Å². The van der Waals surface area contributed by atoms with Crippen molar-refractivity contribution in [3.8, 4) is 0 Å². The maximum Gasteiger partial charge on any atom is 0.101 e. The first-order chi connectivity index (χ1) is 8.84. The van der Waals surface area contributed by atoms with Crippen LogP contribution in [0.1, 0.15) is 57.1 Å². The van der Waals surface area contributed by atoms with Crippen LogP contribution in [0.15, 0.2) is 30.3 Å². The van der Waals surface area contributed by atoms with Crippen molar-refractivity contribution in [2.45, 2.75) is 63.6 Å². The minimum absolute atomic E-state index is 0.174. The molecule has 2 bridgehead atoms. The minimum atomic E-state index is 0.174. The van der Waals surface area contributed by atoms with Gasteiger partial charge in [-0.2, -0.15) is 5.06 Å². The largest absolute Gasteiger partial charge is 0.291 e. The molecule has 2 heterocycles. The Hall–Kier alpha value is -0.860. The van der Waals surface area contributed by atoms with Crippen LogP contribution in [-0.4, -0.2) is 17.1 Å². The number of hydrogen-bond donors (Lipinski definition) is 0. The first kappa shape index (κ1) is 12.2. The molecule has 2 aliphatic rings. The van der Waals surface area contributed by atoms with E-state index < -0.39 is 0 Å². The van der Waals surface area contributed by atoms with Gasteiger partial charge in [-0.3, -0.25) is 4.84 Å². The van der Waals surface area contributed by atoms with Gasteiger partial charge in [-0.05, 0) is 38.2 Å². The second-order valence-electron chi connectivity index (χ2n) is 5.69. The standard InChI is InChI=1S/C16H23NO/c1-13(14-7-3-2-4-8-14)18-17-15-9-5-10-16(17)12-6-11-15/h2-4,7-8,13,15-16H,5-6,9-12H2,1H3. The van der Waals surface area contributed by atoms with Gasteiger partial charge < -0.3 is 0 Å². The quantitative estimate of drug-likeness (QED) is 0.795. The molecule has 0 saturated carbocycles. The Morgan fingerprint density at radius 1 is 1.00 bits per heavy atom. The molecule has 0 N–H and O–H groups in total. The molecule has 0 spiro atoms. The molecule has 0 radical (unpaired) electrons. The van der Waals surface area contributed by atoms with Gasteiger partial charge in [0.2, 0.25) is 0 Å². The molecular formula is C16H23NO. The summed E-state index contributed by atoms with van der Waals surface area (Å²) in [5, 5.41) is 2.34. The second-order valence-corrected chi connectivity index (χ2v) is 5.69. The number of hydroxylamine groups is 2. The maximum absolute atomic E-state index is 6.28. The topological polar surface area (TPSA) is 12.5 Å². The molecule has 2 fully saturated rings. The van der Waals surface area contributed by atoms with Crippen LogP contribution >= 0.6 is 0 Å². The van der Waals surface area contributed by atoms with Crippen molar-refractivity contribution >= 4 is 0 Å². The van der Waals surface area contributed by atoms with Crippen molar-refractivity contribution in [3.05, 3.63) is 35.9 Å². The molecule has 2 heteroatoms. The molecule has 1 unspecified atom stereocenters. The normalized spacial score (nSPS) is 30.1. The fraction of sp³-hybridized carbons (Fsp3) is 0.625. The van der Waals surface area contributed by atoms with Crippen LogP contribution < -0.4 is 0 Å². The zero-order valence-corrected chi connectivity index (χ0v) is 11.2. The maximum atomic E-state index is 6.28. The van der Waals surface area contributed by atoms with E-state index in [9.17, 15) is 0 Å². The van der Waals surface area contributed by atoms with Crippen LogP contribution in [0, 0.1) is 0 Å². The van der Waals surface area contributed by atoms with Crippen molar-refractivity contribution in [2.75, 3.05) is 0 Å². The Morgan fingerprint density at radius 3 is 2.11 bits per heavy atom. The highest BCUT2D eigenvalue weighted by molar-refractivity contribution is 5.16. The Kier molecular flexibility index (Phi) is 3.67. The van der Waals surface area contributed by atoms with Gasteiger partial charge in [0.05, 0.1) is 0 Å². The third kappa shape index (κ3) is 2.45. The van der Waals surface area contributed by atoms with E-state index in [2.05, 4.69) is 42.3 Å². The summed E-state index contributed by atoms with van der Waals surface area (Å²) in [4.78, 5) is 6.28. The summed E-state index contributed by atoms with van der Waals surface area (Å²) in [5.41, 5.74) is 1.28. The molecule has 0 aromatic heterocycles. The van der Waals surface area contributed by atoms with Gasteiger partial charge in [0.15, 0.2) is 0 Å². The SMILES string of the molecule is CC(ON1C2CCCC1CCC2)c1ccccc1. The van der Waals surface area contributed by atoms with Crippen molar-refractivity contribution in [2.24, 2.45) is 0 Å². The van der Waals surface area contributed by atoms with Gasteiger partial charge in [-0.1, -0.05) is 43.2 Å². The highest BCUT2D eigenvalue weighted by atomic mass is 16.7. The van der Waals surface area contributed by atoms with E-state index in [0.717, 1.165) is 0 Å². The Morgan fingerprint density at radius 2 is 1.56 bits per heavy atom. The molecule has 2 nitrogen and oxygen atoms in total. The van der Waals surface area contributed by atoms with E-state index in [1.807, 2.05) is 0 Å². The lowest BCUT2D eigenvalue weighted by Crippen LogP contribution is -2.49. The number of hydrogen-bond acceptors (Lipinski definition) is 2. The monoisotopic (exact) mass is 245 g/mol. The van der Waals surface area contributed by atoms with Crippen molar-refractivity contribution in [1.29, 1.82) is 0 Å². The van der Waals surface area contributed by atoms with Crippen molar-refractivity contribution in [3.63, 3.8) is 0 Å². The lowest BCUT2D eigenvalue weighted by atomic mass is 9.86. The van der Waals surface area contributed by atoms with E-state index in [1.165, 1.54) is 44.1 Å². The molecule has 98 valence electrons. The fourth-order valence-electron chi connectivity index (χ4n) is 3.41. The van der Waals surface area contributed by atoms with Gasteiger partial charge in [0.25, 0.3) is 0 Å². The summed E-state index contributed by atoms with van der Waals surface area (Å²) in [6.07, 6.45) is 8.21. The number of benzene rings is 1. The molecule has 2 aliphatic heterocycles. The zero-order chi connectivity index (χ0) is 12.4. The number of nitrogens with zero attached hydrogens (tertiary/aromatic N) is 1. The van der Waals surface area contributed by atoms with Gasteiger partial charge in [-0.25, -0.2) is 0 Å². The van der Waals surface area contributed by atoms with E-state index in [1.54, 1.807) is 0 Å². The van der Waals surface area contributed by atoms with E-state index in [0.29, 0.717) is 12.1 Å². The fourth-order valence-corrected chi connectivity index (χ4v) is 3.41. The third-order valence-corrected chi connectivity index (χ3v) is 4.42. The average molecular weight is 245 g/mol. The summed E-state index contributed by atoms with van der Waals surface area (Å²) < 4.78 is 0. The van der Waals surface area contributed by atoms with Crippen LogP contribution in [0.3, 0.4) is 0 Å². The Bertz CT molecular complexity index is 356. The smallest absolute Gasteiger partial charge is 0.101 e. The highest BCUT2D eigenvalue weighted by Crippen LogP contribution is 2.36. The number of piperidine rings is 2. The summed E-state index contributed by atoms with van der Waals surface area (Å²) in [7, 11) is 0. The molecule has 1 atom stereocenters. The van der Waals surface area contributed by atoms with Crippen LogP contribution in [0.4, 0.5) is 0 Å². The van der Waals surface area contributed by atoms with Crippen molar-refractivity contribution < 1.29 is 4.84 Å². The van der Waals surface area contributed by atoms with Crippen LogP contribution in [-0.2, 0) is 4.84 Å². The number of rotatable bonds is 3. The van der Waals surface area contributed by atoms with Crippen LogP contribution in [0.2, 0.25) is 0 Å². The predicted octanol–water partition coefficient (Wildman–Crippen LogP) is 4.09. The lowest BCUT2D eigenvalue weighted by molar-refractivity contribution is -0.266. The summed E-state index contributed by atoms with van der Waals surface area (Å²) in [6.45, 7) is 2.17. The third-order valence-electron chi connectivity index (χ3n) is 4.42. The average Bonchev–Trinajstić information content (AvgIpc) is 2.39. The second kappa shape index (κ2) is 5.41. The van der Waals surface area contributed by atoms with E-state index >= 15 is 0 Å². The Labute approximate surface area is 110 Å². The van der Waals surface area contributed by atoms with Gasteiger partial charge in [-0.15, -0.1) is 0 Å². The predicted molar refractivity (Wildman–Crippen MR) is 73.1 cm³/mol. The van der Waals surface area contributed by atoms with E-state index in [-0.39, 0.29) is 6.10 Å². The summed E-state index contributed by atoms with van der Waals surface area (Å²) in [5.74, 6) is 0. The van der Waals surface area contributed by atoms with Gasteiger partial charge >= 0.3 is 0 Å². The summed E-state index contributed by atoms with van der Waals surface area (Å²) >= 11 is 0. The zero-order valence-electron chi connectivity index (χ0n) is 11.2. The first-order valence-corrected chi connectivity index (χ1v) is 7.34. The van der Waals surface area contributed by atoms with Crippen LogP contribution in [0.25, 0.3) is 0 Å². The summed E-state index contributed by atoms with van der Waals surface area (Å²) in [6, 6.07) is 11.9. The molecule has 0 amide bonds. The molecule has 2 saturated heterocycles. The Balaban J connectivity index is 1.68. The van der Waals surface area contributed by atoms with E-state index in [4.69, 9.17) is 4.84 Å². The molecule has 1 aromatic rings. The highest BCUT2D eigenvalue weighted by Gasteiger charge is 2.35. The molecule has 3 rings (SSSR count). The first-order valence-electron chi connectivity index (χ1n) is 7.34. The molecule has 18 heavy (non-hydrogen) atoms. The van der Waals surface area contributed by atoms with Crippen molar-refractivity contribution in [1.82, 2.24) is 5.06 Å². The minimum Gasteiger partial charge on any atom is -0.291 e. The van der Waals surface area contributed by atoms with Gasteiger partial charge in [0, 0.05) is 12.1 Å². The molecule has 0 aliphatic carbocycles. The van der Waals surface area contributed by atoms with Gasteiger partial charge in [0.1, 0.15) is 6.10 Å². The number of fused-ring (bicyclic) bond motifs is 2. The molecular weight excluding hydrogens is 222 g/mol. The lowest BCUT2D eigenvalue weighted by Gasteiger charge is -2.45.